The van der Waals surface area contributed by atoms with Crippen molar-refractivity contribution in [3.05, 3.63) is 11.6 Å². The fraction of sp³-hybridized carbons (Fsp3) is 0.882. The van der Waals surface area contributed by atoms with Gasteiger partial charge in [-0.25, -0.2) is 0 Å². The maximum atomic E-state index is 2.28. The van der Waals surface area contributed by atoms with Gasteiger partial charge in [0.2, 0.25) is 0 Å². The molecule has 0 saturated carbocycles. The molecule has 0 aliphatic heterocycles. The summed E-state index contributed by atoms with van der Waals surface area (Å²) in [6, 6.07) is 0. The van der Waals surface area contributed by atoms with E-state index in [1.54, 1.807) is 0 Å². The lowest BCUT2D eigenvalue weighted by Gasteiger charge is -2.05. The standard InChI is InChI=1S/C8H18.C8H16.CH4/c2*1-7(2)5-6-8(3)4;/h7-8H,5-6H2,1-4H3;5,8H,6H2,1-4H3;1H4. The molecule has 0 unspecified atom stereocenters. The fourth-order valence-electron chi connectivity index (χ4n) is 1.14. The summed E-state index contributed by atoms with van der Waals surface area (Å²) < 4.78 is 0. The SMILES string of the molecule is C.CC(C)=CCC(C)C.CC(C)CCC(C)C. The predicted molar refractivity (Wildman–Crippen MR) is 84.5 cm³/mol. The van der Waals surface area contributed by atoms with Crippen LogP contribution in [0.4, 0.5) is 0 Å². The van der Waals surface area contributed by atoms with Gasteiger partial charge in [-0.15, -0.1) is 0 Å². The van der Waals surface area contributed by atoms with E-state index in [9.17, 15) is 0 Å². The highest BCUT2D eigenvalue weighted by molar-refractivity contribution is 4.92. The molecule has 0 spiro atoms. The second kappa shape index (κ2) is 13.8. The summed E-state index contributed by atoms with van der Waals surface area (Å²) in [7, 11) is 0. The maximum Gasteiger partial charge on any atom is -0.0325 e. The van der Waals surface area contributed by atoms with Gasteiger partial charge in [0.1, 0.15) is 0 Å². The third-order valence-electron chi connectivity index (χ3n) is 2.32. The van der Waals surface area contributed by atoms with Crippen molar-refractivity contribution >= 4 is 0 Å². The number of hydrogen-bond acceptors (Lipinski definition) is 0. The van der Waals surface area contributed by atoms with Gasteiger partial charge in [0, 0.05) is 0 Å². The number of allylic oxidation sites excluding steroid dienone is 2. The molecule has 0 nitrogen and oxygen atoms in total. The minimum absolute atomic E-state index is 0. The summed E-state index contributed by atoms with van der Waals surface area (Å²) in [5, 5.41) is 0. The lowest BCUT2D eigenvalue weighted by Crippen LogP contribution is -1.91. The Morgan fingerprint density at radius 3 is 1.24 bits per heavy atom. The first kappa shape index (κ1) is 22.0. The van der Waals surface area contributed by atoms with E-state index in [0.717, 1.165) is 17.8 Å². The molecule has 0 aromatic carbocycles. The Bertz CT molecular complexity index is 149. The van der Waals surface area contributed by atoms with Crippen LogP contribution in [0.1, 0.15) is 82.1 Å². The van der Waals surface area contributed by atoms with Crippen molar-refractivity contribution in [1.29, 1.82) is 0 Å². The quantitative estimate of drug-likeness (QED) is 0.470. The van der Waals surface area contributed by atoms with E-state index >= 15 is 0 Å². The van der Waals surface area contributed by atoms with E-state index in [1.807, 2.05) is 0 Å². The van der Waals surface area contributed by atoms with Gasteiger partial charge in [0.15, 0.2) is 0 Å². The van der Waals surface area contributed by atoms with Crippen molar-refractivity contribution in [2.24, 2.45) is 17.8 Å². The smallest absolute Gasteiger partial charge is 0.0325 e. The Kier molecular flexibility index (Phi) is 17.8. The third-order valence-corrected chi connectivity index (χ3v) is 2.32. The molecule has 0 radical (unpaired) electrons. The number of hydrogen-bond donors (Lipinski definition) is 0. The Labute approximate surface area is 112 Å². The molecule has 0 amide bonds. The first-order valence-corrected chi connectivity index (χ1v) is 6.89. The van der Waals surface area contributed by atoms with E-state index in [0.29, 0.717) is 0 Å². The summed E-state index contributed by atoms with van der Waals surface area (Å²) in [6.07, 6.45) is 6.28. The monoisotopic (exact) mass is 242 g/mol. The van der Waals surface area contributed by atoms with Gasteiger partial charge in [-0.1, -0.05) is 73.5 Å². The normalized spacial score (nSPS) is 9.82. The molecule has 0 heteroatoms. The maximum absolute atomic E-state index is 2.28. The Hall–Kier alpha value is -0.260. The van der Waals surface area contributed by atoms with Crippen molar-refractivity contribution in [2.75, 3.05) is 0 Å². The van der Waals surface area contributed by atoms with Gasteiger partial charge >= 0.3 is 0 Å². The third kappa shape index (κ3) is 31.3. The highest BCUT2D eigenvalue weighted by Gasteiger charge is 1.95. The van der Waals surface area contributed by atoms with Crippen LogP contribution in [0.25, 0.3) is 0 Å². The lowest BCUT2D eigenvalue weighted by atomic mass is 10.0. The van der Waals surface area contributed by atoms with Crippen LogP contribution in [0.5, 0.6) is 0 Å². The molecule has 0 fully saturated rings. The van der Waals surface area contributed by atoms with Crippen molar-refractivity contribution in [1.82, 2.24) is 0 Å². The average molecular weight is 242 g/mol. The van der Waals surface area contributed by atoms with E-state index < -0.39 is 0 Å². The molecule has 17 heavy (non-hydrogen) atoms. The summed E-state index contributed by atoms with van der Waals surface area (Å²) in [5.41, 5.74) is 1.43. The fourth-order valence-corrected chi connectivity index (χ4v) is 1.14. The first-order chi connectivity index (χ1) is 7.25. The molecule has 0 aliphatic rings. The second-order valence-corrected chi connectivity index (χ2v) is 6.28. The molecule has 106 valence electrons. The van der Waals surface area contributed by atoms with Crippen LogP contribution < -0.4 is 0 Å². The Morgan fingerprint density at radius 2 is 1.12 bits per heavy atom. The van der Waals surface area contributed by atoms with Crippen molar-refractivity contribution in [3.8, 4) is 0 Å². The van der Waals surface area contributed by atoms with Crippen LogP contribution in [-0.2, 0) is 0 Å². The van der Waals surface area contributed by atoms with Gasteiger partial charge in [-0.05, 0) is 38.0 Å². The van der Waals surface area contributed by atoms with E-state index in [-0.39, 0.29) is 7.43 Å². The van der Waals surface area contributed by atoms with Crippen LogP contribution in [-0.4, -0.2) is 0 Å². The van der Waals surface area contributed by atoms with Gasteiger partial charge in [-0.3, -0.25) is 0 Å². The Morgan fingerprint density at radius 1 is 0.765 bits per heavy atom. The molecule has 0 N–H and O–H groups in total. The largest absolute Gasteiger partial charge is 0.0856 e. The molecule has 0 aromatic heterocycles. The molecule has 0 aromatic rings. The highest BCUT2D eigenvalue weighted by Crippen LogP contribution is 2.09. The molecule has 0 aliphatic carbocycles. The van der Waals surface area contributed by atoms with Crippen LogP contribution in [0.2, 0.25) is 0 Å². The summed E-state index contributed by atoms with van der Waals surface area (Å²) in [5.74, 6) is 2.58. The van der Waals surface area contributed by atoms with Gasteiger partial charge in [0.25, 0.3) is 0 Å². The molecule has 0 atom stereocenters. The van der Waals surface area contributed by atoms with E-state index in [4.69, 9.17) is 0 Å². The molecule has 0 rings (SSSR count). The van der Waals surface area contributed by atoms with Crippen LogP contribution in [0.3, 0.4) is 0 Å². The number of rotatable bonds is 5. The molecular weight excluding hydrogens is 204 g/mol. The summed E-state index contributed by atoms with van der Waals surface area (Å²) in [6.45, 7) is 17.9. The minimum atomic E-state index is 0. The van der Waals surface area contributed by atoms with Crippen molar-refractivity contribution < 1.29 is 0 Å². The van der Waals surface area contributed by atoms with Crippen molar-refractivity contribution in [3.63, 3.8) is 0 Å². The van der Waals surface area contributed by atoms with Crippen LogP contribution in [0, 0.1) is 17.8 Å². The zero-order chi connectivity index (χ0) is 13.1. The van der Waals surface area contributed by atoms with E-state index in [1.165, 1.54) is 24.8 Å². The predicted octanol–water partition coefficient (Wildman–Crippen LogP) is 6.71. The van der Waals surface area contributed by atoms with Crippen LogP contribution >= 0.6 is 0 Å². The van der Waals surface area contributed by atoms with Gasteiger partial charge < -0.3 is 0 Å². The Balaban J connectivity index is -0.000000218. The van der Waals surface area contributed by atoms with Gasteiger partial charge in [0.05, 0.1) is 0 Å². The van der Waals surface area contributed by atoms with Gasteiger partial charge in [-0.2, -0.15) is 0 Å². The van der Waals surface area contributed by atoms with Crippen molar-refractivity contribution in [2.45, 2.75) is 82.1 Å². The molecule has 0 bridgehead atoms. The zero-order valence-electron chi connectivity index (χ0n) is 12.9. The minimum Gasteiger partial charge on any atom is -0.0856 e. The van der Waals surface area contributed by atoms with E-state index in [2.05, 4.69) is 61.5 Å². The molecule has 0 saturated heterocycles. The zero-order valence-corrected chi connectivity index (χ0v) is 12.9. The molecular formula is C17H38. The lowest BCUT2D eigenvalue weighted by molar-refractivity contribution is 0.476. The van der Waals surface area contributed by atoms with Crippen LogP contribution in [0.15, 0.2) is 11.6 Å². The summed E-state index contributed by atoms with van der Waals surface area (Å²) >= 11 is 0. The summed E-state index contributed by atoms with van der Waals surface area (Å²) in [4.78, 5) is 0. The first-order valence-electron chi connectivity index (χ1n) is 6.89. The molecule has 0 heterocycles. The topological polar surface area (TPSA) is 0 Å². The highest BCUT2D eigenvalue weighted by atomic mass is 14.0. The average Bonchev–Trinajstić information content (AvgIpc) is 2.12. The second-order valence-electron chi connectivity index (χ2n) is 6.28.